The van der Waals surface area contributed by atoms with Gasteiger partial charge >= 0.3 is 0 Å². The van der Waals surface area contributed by atoms with Gasteiger partial charge in [0.1, 0.15) is 0 Å². The lowest BCUT2D eigenvalue weighted by Gasteiger charge is -2.37. The van der Waals surface area contributed by atoms with Crippen LogP contribution in [0.5, 0.6) is 0 Å². The van der Waals surface area contributed by atoms with Crippen LogP contribution in [0, 0.1) is 11.8 Å². The molecule has 3 atom stereocenters. The summed E-state index contributed by atoms with van der Waals surface area (Å²) in [5.41, 5.74) is 17.8. The molecule has 0 N–H and O–H groups in total. The number of nitrogens with zero attached hydrogens (tertiary/aromatic N) is 1. The number of fused-ring (bicyclic) bond motifs is 14. The van der Waals surface area contributed by atoms with Gasteiger partial charge in [0.15, 0.2) is 0 Å². The first-order valence-corrected chi connectivity index (χ1v) is 20.3. The fourth-order valence-electron chi connectivity index (χ4n) is 12.0. The minimum atomic E-state index is -0.0728. The van der Waals surface area contributed by atoms with Gasteiger partial charge in [-0.2, -0.15) is 0 Å². The summed E-state index contributed by atoms with van der Waals surface area (Å²) in [6.07, 6.45) is 5.38. The zero-order valence-electron chi connectivity index (χ0n) is 31.5. The van der Waals surface area contributed by atoms with Gasteiger partial charge in [0.2, 0.25) is 0 Å². The average Bonchev–Trinajstić information content (AvgIpc) is 3.98. The zero-order chi connectivity index (χ0) is 36.5. The Bertz CT molecular complexity index is 2880. The molecule has 8 aromatic rings. The summed E-state index contributed by atoms with van der Waals surface area (Å²) < 4.78 is 0. The topological polar surface area (TPSA) is 3.24 Å². The number of benzene rings is 8. The van der Waals surface area contributed by atoms with E-state index in [9.17, 15) is 0 Å². The van der Waals surface area contributed by atoms with Crippen molar-refractivity contribution in [3.63, 3.8) is 0 Å². The van der Waals surface area contributed by atoms with Crippen molar-refractivity contribution in [1.29, 1.82) is 0 Å². The summed E-state index contributed by atoms with van der Waals surface area (Å²) in [6.45, 7) is 4.77. The van der Waals surface area contributed by atoms with Crippen LogP contribution in [0.1, 0.15) is 61.8 Å². The molecule has 8 aromatic carbocycles. The molecular weight excluding hydrogens is 663 g/mol. The van der Waals surface area contributed by atoms with E-state index in [1.54, 1.807) is 11.1 Å². The highest BCUT2D eigenvalue weighted by molar-refractivity contribution is 6.12. The molecule has 0 aromatic heterocycles. The molecule has 55 heavy (non-hydrogen) atoms. The van der Waals surface area contributed by atoms with Crippen LogP contribution in [0.25, 0.3) is 54.9 Å². The maximum atomic E-state index is 2.59. The number of anilines is 3. The van der Waals surface area contributed by atoms with E-state index in [-0.39, 0.29) is 10.8 Å². The highest BCUT2D eigenvalue weighted by Crippen LogP contribution is 2.66. The molecule has 1 heteroatoms. The Morgan fingerprint density at radius 1 is 0.491 bits per heavy atom. The predicted molar refractivity (Wildman–Crippen MR) is 231 cm³/mol. The first-order valence-electron chi connectivity index (χ1n) is 20.3. The van der Waals surface area contributed by atoms with Gasteiger partial charge in [0.25, 0.3) is 0 Å². The highest BCUT2D eigenvalue weighted by atomic mass is 15.1. The lowest BCUT2D eigenvalue weighted by molar-refractivity contribution is 0.327. The summed E-state index contributed by atoms with van der Waals surface area (Å²) >= 11 is 0. The van der Waals surface area contributed by atoms with E-state index in [2.05, 4.69) is 183 Å². The lowest BCUT2D eigenvalue weighted by atomic mass is 9.67. The Labute approximate surface area is 323 Å². The van der Waals surface area contributed by atoms with E-state index >= 15 is 0 Å². The Morgan fingerprint density at radius 2 is 1.16 bits per heavy atom. The van der Waals surface area contributed by atoms with Crippen LogP contribution in [0.4, 0.5) is 17.1 Å². The van der Waals surface area contributed by atoms with Gasteiger partial charge in [-0.3, -0.25) is 0 Å². The predicted octanol–water partition coefficient (Wildman–Crippen LogP) is 14.5. The lowest BCUT2D eigenvalue weighted by Crippen LogP contribution is -2.32. The third kappa shape index (κ3) is 4.25. The standard InChI is InChI=1S/C54H43N/c1-53(2)48-18-7-5-14-44(48)47-17-9-15-41(52(47)53)36-22-26-38(27-23-36)55(51-20-10-16-42-40-12-4-3-11-35(40)24-29-46(42)51)39-28-30-45-43-13-6-8-19-49(43)54(50(45)32-39)33-34-21-25-37(54)31-34/h3-20,22-24,26-30,32,34,37H,21,25,31,33H2,1-2H3. The maximum absolute atomic E-state index is 2.59. The van der Waals surface area contributed by atoms with Crippen LogP contribution in [0.2, 0.25) is 0 Å². The first kappa shape index (κ1) is 31.4. The molecule has 0 aliphatic heterocycles. The van der Waals surface area contributed by atoms with E-state index in [0.717, 1.165) is 11.8 Å². The van der Waals surface area contributed by atoms with E-state index < -0.39 is 0 Å². The van der Waals surface area contributed by atoms with Crippen molar-refractivity contribution in [1.82, 2.24) is 0 Å². The molecule has 2 fully saturated rings. The van der Waals surface area contributed by atoms with Crippen LogP contribution in [-0.2, 0) is 10.8 Å². The van der Waals surface area contributed by atoms with Crippen molar-refractivity contribution in [3.05, 3.63) is 186 Å². The molecule has 1 spiro atoms. The smallest absolute Gasteiger partial charge is 0.0540 e. The Balaban J connectivity index is 1.05. The third-order valence-electron chi connectivity index (χ3n) is 14.3. The van der Waals surface area contributed by atoms with Crippen LogP contribution < -0.4 is 4.90 Å². The molecule has 4 aliphatic rings. The van der Waals surface area contributed by atoms with Gasteiger partial charge in [-0.15, -0.1) is 0 Å². The van der Waals surface area contributed by atoms with E-state index in [0.29, 0.717) is 0 Å². The van der Waals surface area contributed by atoms with Gasteiger partial charge in [0.05, 0.1) is 5.69 Å². The largest absolute Gasteiger partial charge is 0.310 e. The van der Waals surface area contributed by atoms with E-state index in [4.69, 9.17) is 0 Å². The summed E-state index contributed by atoms with van der Waals surface area (Å²) in [6, 6.07) is 62.3. The van der Waals surface area contributed by atoms with Gasteiger partial charge < -0.3 is 4.90 Å². The van der Waals surface area contributed by atoms with Crippen molar-refractivity contribution in [2.75, 3.05) is 4.90 Å². The number of hydrogen-bond acceptors (Lipinski definition) is 1. The van der Waals surface area contributed by atoms with E-state index in [1.807, 2.05) is 0 Å². The summed E-state index contributed by atoms with van der Waals surface area (Å²) in [4.78, 5) is 2.54. The summed E-state index contributed by atoms with van der Waals surface area (Å²) in [5, 5.41) is 5.13. The van der Waals surface area contributed by atoms with Gasteiger partial charge in [0, 0.05) is 27.6 Å². The normalized spacial score (nSPS) is 20.8. The van der Waals surface area contributed by atoms with Crippen LogP contribution >= 0.6 is 0 Å². The Morgan fingerprint density at radius 3 is 1.98 bits per heavy atom. The average molecular weight is 706 g/mol. The Kier molecular flexibility index (Phi) is 6.46. The molecule has 2 bridgehead atoms. The van der Waals surface area contributed by atoms with Gasteiger partial charge in [-0.25, -0.2) is 0 Å². The van der Waals surface area contributed by atoms with Gasteiger partial charge in [-0.1, -0.05) is 154 Å². The quantitative estimate of drug-likeness (QED) is 0.165. The molecule has 1 nitrogen and oxygen atoms in total. The zero-order valence-corrected chi connectivity index (χ0v) is 31.5. The van der Waals surface area contributed by atoms with Gasteiger partial charge in [-0.05, 0) is 133 Å². The Hall–Kier alpha value is -5.92. The molecular formula is C54H43N. The minimum Gasteiger partial charge on any atom is -0.310 e. The first-order chi connectivity index (χ1) is 27.0. The van der Waals surface area contributed by atoms with Crippen molar-refractivity contribution >= 4 is 38.6 Å². The second-order valence-corrected chi connectivity index (χ2v) is 17.3. The monoisotopic (exact) mass is 705 g/mol. The molecule has 2 saturated carbocycles. The maximum Gasteiger partial charge on any atom is 0.0540 e. The second-order valence-electron chi connectivity index (χ2n) is 17.3. The molecule has 0 radical (unpaired) electrons. The third-order valence-corrected chi connectivity index (χ3v) is 14.3. The second kappa shape index (κ2) is 11.3. The van der Waals surface area contributed by atoms with Crippen molar-refractivity contribution in [2.24, 2.45) is 11.8 Å². The molecule has 4 aliphatic carbocycles. The minimum absolute atomic E-state index is 0.0728. The molecule has 3 unspecified atom stereocenters. The summed E-state index contributed by atoms with van der Waals surface area (Å²) in [7, 11) is 0. The summed E-state index contributed by atoms with van der Waals surface area (Å²) in [5.74, 6) is 1.55. The van der Waals surface area contributed by atoms with Crippen LogP contribution in [0.15, 0.2) is 164 Å². The molecule has 0 heterocycles. The molecule has 264 valence electrons. The van der Waals surface area contributed by atoms with Crippen LogP contribution in [-0.4, -0.2) is 0 Å². The fourth-order valence-corrected chi connectivity index (χ4v) is 12.0. The number of hydrogen-bond donors (Lipinski definition) is 0. The van der Waals surface area contributed by atoms with Crippen molar-refractivity contribution in [3.8, 4) is 33.4 Å². The molecule has 12 rings (SSSR count). The molecule has 0 amide bonds. The highest BCUT2D eigenvalue weighted by Gasteiger charge is 2.56. The van der Waals surface area contributed by atoms with Crippen molar-refractivity contribution < 1.29 is 0 Å². The van der Waals surface area contributed by atoms with Crippen LogP contribution in [0.3, 0.4) is 0 Å². The van der Waals surface area contributed by atoms with Crippen molar-refractivity contribution in [2.45, 2.75) is 50.4 Å². The fraction of sp³-hybridized carbons (Fsp3) is 0.185. The number of rotatable bonds is 4. The molecule has 0 saturated heterocycles. The van der Waals surface area contributed by atoms with E-state index in [1.165, 1.54) is 109 Å². The SMILES string of the molecule is CC1(C)c2ccccc2-c2cccc(-c3ccc(N(c4ccc5c(c4)C4(CC6CCC4C6)c4ccccc4-5)c4cccc5c4ccc4ccccc45)cc3)c21.